The first-order chi connectivity index (χ1) is 8.63. The number of carbonyl (C=O) groups excluding carboxylic acids is 1. The average Bonchev–Trinajstić information content (AvgIpc) is 2.90. The van der Waals surface area contributed by atoms with Crippen molar-refractivity contribution in [2.24, 2.45) is 0 Å². The van der Waals surface area contributed by atoms with E-state index in [-0.39, 0.29) is 11.7 Å². The van der Waals surface area contributed by atoms with E-state index >= 15 is 0 Å². The SMILES string of the molecule is CCN(C)C(=O)c1ccc(F)cc1N1CCCC1. The summed E-state index contributed by atoms with van der Waals surface area (Å²) < 4.78 is 13.4. The number of hydrogen-bond acceptors (Lipinski definition) is 2. The molecule has 1 fully saturated rings. The van der Waals surface area contributed by atoms with Gasteiger partial charge in [0.2, 0.25) is 0 Å². The quantitative estimate of drug-likeness (QED) is 0.823. The third-order valence-corrected chi connectivity index (χ3v) is 3.46. The lowest BCUT2D eigenvalue weighted by atomic mass is 10.1. The maximum absolute atomic E-state index is 13.4. The fourth-order valence-electron chi connectivity index (χ4n) is 2.25. The van der Waals surface area contributed by atoms with Crippen LogP contribution in [-0.2, 0) is 0 Å². The number of nitrogens with zero attached hydrogens (tertiary/aromatic N) is 2. The molecule has 0 bridgehead atoms. The second-order valence-electron chi connectivity index (χ2n) is 4.67. The van der Waals surface area contributed by atoms with Crippen molar-refractivity contribution in [3.05, 3.63) is 29.6 Å². The molecule has 0 aromatic heterocycles. The van der Waals surface area contributed by atoms with Crippen molar-refractivity contribution >= 4 is 11.6 Å². The molecule has 2 rings (SSSR count). The Bertz CT molecular complexity index is 441. The highest BCUT2D eigenvalue weighted by molar-refractivity contribution is 5.99. The Balaban J connectivity index is 2.36. The van der Waals surface area contributed by atoms with E-state index < -0.39 is 0 Å². The lowest BCUT2D eigenvalue weighted by Crippen LogP contribution is -2.29. The van der Waals surface area contributed by atoms with E-state index in [1.165, 1.54) is 12.1 Å². The van der Waals surface area contributed by atoms with Crippen LogP contribution in [-0.4, -0.2) is 37.5 Å². The van der Waals surface area contributed by atoms with E-state index in [0.29, 0.717) is 12.1 Å². The van der Waals surface area contributed by atoms with Crippen LogP contribution >= 0.6 is 0 Å². The summed E-state index contributed by atoms with van der Waals surface area (Å²) in [4.78, 5) is 16.0. The topological polar surface area (TPSA) is 23.6 Å². The number of benzene rings is 1. The minimum Gasteiger partial charge on any atom is -0.371 e. The molecule has 1 aromatic carbocycles. The summed E-state index contributed by atoms with van der Waals surface area (Å²) in [5, 5.41) is 0. The van der Waals surface area contributed by atoms with Crippen LogP contribution in [0.2, 0.25) is 0 Å². The predicted molar refractivity (Wildman–Crippen MR) is 70.5 cm³/mol. The smallest absolute Gasteiger partial charge is 0.255 e. The van der Waals surface area contributed by atoms with E-state index in [2.05, 4.69) is 4.90 Å². The van der Waals surface area contributed by atoms with Crippen LogP contribution in [0, 0.1) is 5.82 Å². The Morgan fingerprint density at radius 2 is 2.06 bits per heavy atom. The molecule has 1 aliphatic heterocycles. The third-order valence-electron chi connectivity index (χ3n) is 3.46. The number of rotatable bonds is 3. The van der Waals surface area contributed by atoms with Crippen LogP contribution in [0.15, 0.2) is 18.2 Å². The molecule has 0 aliphatic carbocycles. The van der Waals surface area contributed by atoms with Gasteiger partial charge in [-0.2, -0.15) is 0 Å². The standard InChI is InChI=1S/C14H19FN2O/c1-3-16(2)14(18)12-7-6-11(15)10-13(12)17-8-4-5-9-17/h6-7,10H,3-5,8-9H2,1-2H3. The first-order valence-corrected chi connectivity index (χ1v) is 6.43. The zero-order valence-electron chi connectivity index (χ0n) is 10.9. The van der Waals surface area contributed by atoms with Gasteiger partial charge in [0.1, 0.15) is 5.82 Å². The van der Waals surface area contributed by atoms with Crippen molar-refractivity contribution < 1.29 is 9.18 Å². The van der Waals surface area contributed by atoms with Crippen molar-refractivity contribution in [1.29, 1.82) is 0 Å². The maximum atomic E-state index is 13.4. The van der Waals surface area contributed by atoms with Gasteiger partial charge in [-0.1, -0.05) is 0 Å². The lowest BCUT2D eigenvalue weighted by Gasteiger charge is -2.23. The zero-order valence-corrected chi connectivity index (χ0v) is 10.9. The van der Waals surface area contributed by atoms with Gasteiger partial charge in [0.05, 0.1) is 11.3 Å². The average molecular weight is 250 g/mol. The van der Waals surface area contributed by atoms with Gasteiger partial charge in [0.15, 0.2) is 0 Å². The van der Waals surface area contributed by atoms with Gasteiger partial charge in [0.25, 0.3) is 5.91 Å². The summed E-state index contributed by atoms with van der Waals surface area (Å²) >= 11 is 0. The van der Waals surface area contributed by atoms with Crippen LogP contribution in [0.1, 0.15) is 30.1 Å². The highest BCUT2D eigenvalue weighted by Crippen LogP contribution is 2.26. The first-order valence-electron chi connectivity index (χ1n) is 6.43. The van der Waals surface area contributed by atoms with Crippen LogP contribution < -0.4 is 4.90 Å². The van der Waals surface area contributed by atoms with Gasteiger partial charge in [-0.3, -0.25) is 4.79 Å². The number of hydrogen-bond donors (Lipinski definition) is 0. The molecule has 0 unspecified atom stereocenters. The Morgan fingerprint density at radius 1 is 1.39 bits per heavy atom. The van der Waals surface area contributed by atoms with Gasteiger partial charge < -0.3 is 9.80 Å². The molecule has 0 spiro atoms. The van der Waals surface area contributed by atoms with Crippen LogP contribution in [0.5, 0.6) is 0 Å². The number of halogens is 1. The summed E-state index contributed by atoms with van der Waals surface area (Å²) in [6.07, 6.45) is 2.21. The van der Waals surface area contributed by atoms with Crippen molar-refractivity contribution in [3.8, 4) is 0 Å². The molecule has 1 saturated heterocycles. The normalized spacial score (nSPS) is 14.9. The third kappa shape index (κ3) is 2.47. The Kier molecular flexibility index (Phi) is 3.84. The molecule has 0 N–H and O–H groups in total. The summed E-state index contributed by atoms with van der Waals surface area (Å²) in [7, 11) is 1.76. The molecule has 0 radical (unpaired) electrons. The van der Waals surface area contributed by atoms with Crippen LogP contribution in [0.25, 0.3) is 0 Å². The summed E-state index contributed by atoms with van der Waals surface area (Å²) in [5.74, 6) is -0.327. The molecule has 1 heterocycles. The van der Waals surface area contributed by atoms with E-state index in [4.69, 9.17) is 0 Å². The minimum absolute atomic E-state index is 0.0422. The second-order valence-corrected chi connectivity index (χ2v) is 4.67. The molecule has 1 aromatic rings. The van der Waals surface area contributed by atoms with E-state index in [1.807, 2.05) is 6.92 Å². The molecule has 98 valence electrons. The maximum Gasteiger partial charge on any atom is 0.255 e. The summed E-state index contributed by atoms with van der Waals surface area (Å²) in [6, 6.07) is 4.43. The molecule has 18 heavy (non-hydrogen) atoms. The highest BCUT2D eigenvalue weighted by Gasteiger charge is 2.21. The highest BCUT2D eigenvalue weighted by atomic mass is 19.1. The van der Waals surface area contributed by atoms with Crippen molar-refractivity contribution in [1.82, 2.24) is 4.90 Å². The fourth-order valence-corrected chi connectivity index (χ4v) is 2.25. The van der Waals surface area contributed by atoms with E-state index in [1.54, 1.807) is 18.0 Å². The molecule has 4 heteroatoms. The monoisotopic (exact) mass is 250 g/mol. The largest absolute Gasteiger partial charge is 0.371 e. The van der Waals surface area contributed by atoms with Gasteiger partial charge in [-0.25, -0.2) is 4.39 Å². The molecule has 0 atom stereocenters. The Hall–Kier alpha value is -1.58. The predicted octanol–water partition coefficient (Wildman–Crippen LogP) is 2.52. The summed E-state index contributed by atoms with van der Waals surface area (Å²) in [6.45, 7) is 4.38. The Morgan fingerprint density at radius 3 is 2.67 bits per heavy atom. The fraction of sp³-hybridized carbons (Fsp3) is 0.500. The number of anilines is 1. The molecule has 0 saturated carbocycles. The van der Waals surface area contributed by atoms with Gasteiger partial charge >= 0.3 is 0 Å². The van der Waals surface area contributed by atoms with Gasteiger partial charge in [-0.05, 0) is 38.0 Å². The van der Waals surface area contributed by atoms with E-state index in [9.17, 15) is 9.18 Å². The second kappa shape index (κ2) is 5.38. The lowest BCUT2D eigenvalue weighted by molar-refractivity contribution is 0.0803. The van der Waals surface area contributed by atoms with Crippen molar-refractivity contribution in [2.75, 3.05) is 31.6 Å². The van der Waals surface area contributed by atoms with E-state index in [0.717, 1.165) is 31.6 Å². The van der Waals surface area contributed by atoms with Gasteiger partial charge in [0, 0.05) is 26.7 Å². The van der Waals surface area contributed by atoms with Crippen LogP contribution in [0.4, 0.5) is 10.1 Å². The molecule has 3 nitrogen and oxygen atoms in total. The number of amides is 1. The molecule has 1 amide bonds. The van der Waals surface area contributed by atoms with Gasteiger partial charge in [-0.15, -0.1) is 0 Å². The molecular formula is C14H19FN2O. The molecule has 1 aliphatic rings. The first kappa shape index (κ1) is 12.9. The number of carbonyl (C=O) groups is 1. The zero-order chi connectivity index (χ0) is 13.1. The van der Waals surface area contributed by atoms with Crippen molar-refractivity contribution in [2.45, 2.75) is 19.8 Å². The minimum atomic E-state index is -0.285. The molecular weight excluding hydrogens is 231 g/mol. The van der Waals surface area contributed by atoms with Crippen LogP contribution in [0.3, 0.4) is 0 Å². The summed E-state index contributed by atoms with van der Waals surface area (Å²) in [5.41, 5.74) is 1.33. The Labute approximate surface area is 107 Å². The van der Waals surface area contributed by atoms with Crippen molar-refractivity contribution in [3.63, 3.8) is 0 Å².